The lowest BCUT2D eigenvalue weighted by atomic mass is 10.0. The lowest BCUT2D eigenvalue weighted by Gasteiger charge is -2.34. The third-order valence-corrected chi connectivity index (χ3v) is 20.1. The van der Waals surface area contributed by atoms with Crippen LogP contribution >= 0.6 is 0 Å². The maximum absolute atomic E-state index is 14.3. The lowest BCUT2D eigenvalue weighted by Crippen LogP contribution is -2.54. The second-order valence-corrected chi connectivity index (χ2v) is 29.7. The minimum atomic E-state index is -1.69. The van der Waals surface area contributed by atoms with Gasteiger partial charge in [0.1, 0.15) is 6.61 Å². The standard InChI is InChI=1S/C86H162O11/c1-6-11-16-21-26-31-36-41-46-51-56-61-66-71-80(88)93-77-79(95-82(90)73-68-63-58-53-48-43-38-33-28-23-18-13-8-3)86(97-84(92)75-70-65-60-55-50-45-40-35-30-25-20-15-10-5)85(96-83(91)74-69-64-59-54-49-44-39-34-29-24-19-14-9-4)78(76-87)94-81(89)72-67-62-57-52-47-42-37-32-27-22-17-12-7-2/h76,78-79,85-86H,6-75,77H2,1-5H3/t78-,79+,85+,86+/m0/s1. The molecule has 0 radical (unpaired) electrons. The van der Waals surface area contributed by atoms with E-state index in [9.17, 15) is 28.8 Å². The van der Waals surface area contributed by atoms with Gasteiger partial charge in [0.2, 0.25) is 0 Å². The van der Waals surface area contributed by atoms with Crippen LogP contribution < -0.4 is 0 Å². The molecule has 0 aromatic rings. The van der Waals surface area contributed by atoms with E-state index in [1.165, 1.54) is 276 Å². The summed E-state index contributed by atoms with van der Waals surface area (Å²) < 4.78 is 30.8. The van der Waals surface area contributed by atoms with E-state index in [0.29, 0.717) is 38.4 Å². The fourth-order valence-electron chi connectivity index (χ4n) is 13.6. The minimum Gasteiger partial charge on any atom is -0.462 e. The first-order chi connectivity index (χ1) is 47.7. The molecule has 572 valence electrons. The molecule has 11 nitrogen and oxygen atoms in total. The van der Waals surface area contributed by atoms with Crippen molar-refractivity contribution < 1.29 is 52.5 Å². The molecule has 0 heterocycles. The summed E-state index contributed by atoms with van der Waals surface area (Å²) in [5.74, 6) is -2.94. The molecule has 0 fully saturated rings. The van der Waals surface area contributed by atoms with Gasteiger partial charge >= 0.3 is 29.8 Å². The molecule has 0 saturated heterocycles. The third kappa shape index (κ3) is 67.3. The van der Waals surface area contributed by atoms with Gasteiger partial charge < -0.3 is 23.7 Å². The van der Waals surface area contributed by atoms with Gasteiger partial charge in [-0.3, -0.25) is 28.8 Å². The van der Waals surface area contributed by atoms with E-state index < -0.39 is 60.9 Å². The van der Waals surface area contributed by atoms with E-state index in [1.807, 2.05) is 0 Å². The number of hydrogen-bond donors (Lipinski definition) is 0. The Kier molecular flexibility index (Phi) is 74.8. The van der Waals surface area contributed by atoms with Gasteiger partial charge in [-0.1, -0.05) is 420 Å². The molecule has 0 bridgehead atoms. The number of carbonyl (C=O) groups is 6. The largest absolute Gasteiger partial charge is 0.462 e. The Morgan fingerprint density at radius 1 is 0.216 bits per heavy atom. The molecule has 0 aromatic carbocycles. The highest BCUT2D eigenvalue weighted by atomic mass is 16.6. The highest BCUT2D eigenvalue weighted by Crippen LogP contribution is 2.25. The van der Waals surface area contributed by atoms with Crippen LogP contribution in [0.15, 0.2) is 0 Å². The maximum atomic E-state index is 14.3. The number of rotatable bonds is 80. The van der Waals surface area contributed by atoms with Gasteiger partial charge in [-0.05, 0) is 32.1 Å². The summed E-state index contributed by atoms with van der Waals surface area (Å²) in [5.41, 5.74) is 0. The molecule has 4 atom stereocenters. The van der Waals surface area contributed by atoms with Gasteiger partial charge in [-0.2, -0.15) is 0 Å². The maximum Gasteiger partial charge on any atom is 0.306 e. The Labute approximate surface area is 600 Å². The summed E-state index contributed by atoms with van der Waals surface area (Å²) >= 11 is 0. The van der Waals surface area contributed by atoms with E-state index in [1.54, 1.807) is 0 Å². The van der Waals surface area contributed by atoms with Crippen molar-refractivity contribution in [1.82, 2.24) is 0 Å². The van der Waals surface area contributed by atoms with Crippen LogP contribution in [0.3, 0.4) is 0 Å². The van der Waals surface area contributed by atoms with Crippen molar-refractivity contribution in [2.75, 3.05) is 6.61 Å². The van der Waals surface area contributed by atoms with Gasteiger partial charge in [0.25, 0.3) is 0 Å². The number of unbranched alkanes of at least 4 members (excludes halogenated alkanes) is 60. The zero-order valence-electron chi connectivity index (χ0n) is 65.1. The Bertz CT molecular complexity index is 1700. The third-order valence-electron chi connectivity index (χ3n) is 20.1. The Morgan fingerprint density at radius 2 is 0.392 bits per heavy atom. The zero-order chi connectivity index (χ0) is 70.6. The highest BCUT2D eigenvalue weighted by Gasteiger charge is 2.45. The van der Waals surface area contributed by atoms with Gasteiger partial charge in [0, 0.05) is 32.1 Å². The first-order valence-corrected chi connectivity index (χ1v) is 43.1. The van der Waals surface area contributed by atoms with Crippen molar-refractivity contribution in [3.8, 4) is 0 Å². The van der Waals surface area contributed by atoms with Crippen LogP contribution in [0.25, 0.3) is 0 Å². The molecule has 0 saturated carbocycles. The Hall–Kier alpha value is -2.98. The molecule has 11 heteroatoms. The summed E-state index contributed by atoms with van der Waals surface area (Å²) in [6, 6.07) is 0. The second kappa shape index (κ2) is 77.2. The lowest BCUT2D eigenvalue weighted by molar-refractivity contribution is -0.204. The van der Waals surface area contributed by atoms with E-state index in [-0.39, 0.29) is 32.1 Å². The second-order valence-electron chi connectivity index (χ2n) is 29.7. The average molecular weight is 1370 g/mol. The van der Waals surface area contributed by atoms with Crippen molar-refractivity contribution in [2.24, 2.45) is 0 Å². The molecule has 0 spiro atoms. The SMILES string of the molecule is CCCCCCCCCCCCCCCC(=O)OC[C@@H](OC(=O)CCCCCCCCCCCCCCC)[C@@H](OC(=O)CCCCCCCCCCCCCCC)[C@H](OC(=O)CCCCCCCCCCCCCCC)[C@H](C=O)OC(=O)CCCCCCCCCCCCCCC. The summed E-state index contributed by atoms with van der Waals surface area (Å²) in [6.45, 7) is 10.8. The van der Waals surface area contributed by atoms with Crippen LogP contribution in [-0.4, -0.2) is 67.2 Å². The smallest absolute Gasteiger partial charge is 0.306 e. The van der Waals surface area contributed by atoms with Crippen molar-refractivity contribution in [2.45, 2.75) is 508 Å². The van der Waals surface area contributed by atoms with Crippen LogP contribution in [0.5, 0.6) is 0 Å². The first-order valence-electron chi connectivity index (χ1n) is 43.1. The van der Waals surface area contributed by atoms with Crippen molar-refractivity contribution in [3.63, 3.8) is 0 Å². The van der Waals surface area contributed by atoms with E-state index >= 15 is 0 Å². The minimum absolute atomic E-state index is 0.0317. The summed E-state index contributed by atoms with van der Waals surface area (Å²) in [5, 5.41) is 0. The van der Waals surface area contributed by atoms with Gasteiger partial charge in [0.05, 0.1) is 0 Å². The molecule has 0 unspecified atom stereocenters. The monoisotopic (exact) mass is 1370 g/mol. The predicted octanol–water partition coefficient (Wildman–Crippen LogP) is 26.8. The van der Waals surface area contributed by atoms with E-state index in [2.05, 4.69) is 34.6 Å². The number of ether oxygens (including phenoxy) is 5. The molecule has 0 rings (SSSR count). The van der Waals surface area contributed by atoms with Crippen LogP contribution in [-0.2, 0) is 52.5 Å². The molecule has 0 aliphatic carbocycles. The topological polar surface area (TPSA) is 149 Å². The predicted molar refractivity (Wildman–Crippen MR) is 408 cm³/mol. The number of hydrogen-bond acceptors (Lipinski definition) is 11. The van der Waals surface area contributed by atoms with E-state index in [4.69, 9.17) is 23.7 Å². The van der Waals surface area contributed by atoms with Crippen LogP contribution in [0.1, 0.15) is 484 Å². The highest BCUT2D eigenvalue weighted by molar-refractivity contribution is 5.75. The molecule has 0 amide bonds. The van der Waals surface area contributed by atoms with Crippen molar-refractivity contribution in [3.05, 3.63) is 0 Å². The summed E-state index contributed by atoms with van der Waals surface area (Å²) in [4.78, 5) is 83.8. The number of esters is 5. The quantitative estimate of drug-likeness (QED) is 0.0248. The van der Waals surface area contributed by atoms with Gasteiger partial charge in [0.15, 0.2) is 30.7 Å². The fourth-order valence-corrected chi connectivity index (χ4v) is 13.6. The molecular weight excluding hydrogens is 1210 g/mol. The summed E-state index contributed by atoms with van der Waals surface area (Å²) in [7, 11) is 0. The number of carbonyl (C=O) groups excluding carboxylic acids is 6. The molecular formula is C86H162O11. The van der Waals surface area contributed by atoms with Gasteiger partial charge in [-0.15, -0.1) is 0 Å². The Balaban J connectivity index is 6.64. The van der Waals surface area contributed by atoms with E-state index in [0.717, 1.165) is 109 Å². The molecule has 0 aromatic heterocycles. The molecule has 97 heavy (non-hydrogen) atoms. The van der Waals surface area contributed by atoms with Crippen molar-refractivity contribution >= 4 is 36.1 Å². The number of aldehydes is 1. The van der Waals surface area contributed by atoms with Gasteiger partial charge in [-0.25, -0.2) is 0 Å². The van der Waals surface area contributed by atoms with Crippen LogP contribution in [0.2, 0.25) is 0 Å². The average Bonchev–Trinajstić information content (AvgIpc) is 0.835. The summed E-state index contributed by atoms with van der Waals surface area (Å²) in [6.07, 6.45) is 69.3. The fraction of sp³-hybridized carbons (Fsp3) is 0.930. The first kappa shape index (κ1) is 94.0. The van der Waals surface area contributed by atoms with Crippen LogP contribution in [0.4, 0.5) is 0 Å². The Morgan fingerprint density at radius 3 is 0.608 bits per heavy atom. The van der Waals surface area contributed by atoms with Crippen LogP contribution in [0, 0.1) is 0 Å². The molecule has 0 aliphatic rings. The zero-order valence-corrected chi connectivity index (χ0v) is 65.1. The molecule has 0 N–H and O–H groups in total. The normalized spacial score (nSPS) is 12.7. The van der Waals surface area contributed by atoms with Crippen molar-refractivity contribution in [1.29, 1.82) is 0 Å². The molecule has 0 aliphatic heterocycles.